The monoisotopic (exact) mass is 244 g/mol. The third-order valence-corrected chi connectivity index (χ3v) is 4.25. The maximum Gasteiger partial charge on any atom is 1.00 e. The molecule has 1 unspecified atom stereocenters. The first-order valence-corrected chi connectivity index (χ1v) is 6.92. The van der Waals surface area contributed by atoms with Crippen LogP contribution in [0.15, 0.2) is 48.5 Å². The van der Waals surface area contributed by atoms with Gasteiger partial charge in [-0.2, -0.15) is 0 Å². The summed E-state index contributed by atoms with van der Waals surface area (Å²) in [5, 5.41) is 0. The number of fused-ring (bicyclic) bond motifs is 1. The SMILES string of the molecule is CC(C)C1Cc2cccc(-c3ccccc3)c2C1.[H-].[Li+]. The van der Waals surface area contributed by atoms with Crippen molar-refractivity contribution < 1.29 is 20.3 Å². The fourth-order valence-corrected chi connectivity index (χ4v) is 3.04. The molecule has 0 heterocycles. The number of benzene rings is 2. The van der Waals surface area contributed by atoms with E-state index < -0.39 is 0 Å². The van der Waals surface area contributed by atoms with Crippen LogP contribution in [0.5, 0.6) is 0 Å². The van der Waals surface area contributed by atoms with Gasteiger partial charge < -0.3 is 1.43 Å². The second-order valence-electron chi connectivity index (χ2n) is 5.72. The molecule has 0 amide bonds. The van der Waals surface area contributed by atoms with Crippen LogP contribution in [0.2, 0.25) is 0 Å². The van der Waals surface area contributed by atoms with E-state index in [0.29, 0.717) is 0 Å². The normalized spacial score (nSPS) is 17.1. The molecule has 19 heavy (non-hydrogen) atoms. The van der Waals surface area contributed by atoms with Crippen molar-refractivity contribution in [2.45, 2.75) is 26.7 Å². The van der Waals surface area contributed by atoms with E-state index >= 15 is 0 Å². The Morgan fingerprint density at radius 3 is 2.37 bits per heavy atom. The molecule has 0 radical (unpaired) electrons. The third-order valence-electron chi connectivity index (χ3n) is 4.25. The molecule has 1 atom stereocenters. The summed E-state index contributed by atoms with van der Waals surface area (Å²) < 4.78 is 0. The summed E-state index contributed by atoms with van der Waals surface area (Å²) in [6.07, 6.45) is 2.51. The summed E-state index contributed by atoms with van der Waals surface area (Å²) in [5.41, 5.74) is 5.95. The van der Waals surface area contributed by atoms with Crippen LogP contribution in [0.1, 0.15) is 26.4 Å². The van der Waals surface area contributed by atoms with Gasteiger partial charge in [-0.1, -0.05) is 62.4 Å². The molecule has 1 aliphatic carbocycles. The van der Waals surface area contributed by atoms with Gasteiger partial charge in [0, 0.05) is 0 Å². The smallest absolute Gasteiger partial charge is 1.00 e. The Labute approximate surface area is 129 Å². The number of hydrogen-bond acceptors (Lipinski definition) is 0. The Kier molecular flexibility index (Phi) is 4.56. The summed E-state index contributed by atoms with van der Waals surface area (Å²) in [4.78, 5) is 0. The summed E-state index contributed by atoms with van der Waals surface area (Å²) >= 11 is 0. The Morgan fingerprint density at radius 1 is 0.947 bits per heavy atom. The molecule has 0 spiro atoms. The van der Waals surface area contributed by atoms with Crippen molar-refractivity contribution in [3.05, 3.63) is 59.7 Å². The second kappa shape index (κ2) is 5.99. The minimum absolute atomic E-state index is 0. The predicted octanol–water partition coefficient (Wildman–Crippen LogP) is 1.84. The molecule has 2 aromatic carbocycles. The third kappa shape index (κ3) is 2.81. The van der Waals surface area contributed by atoms with Crippen LogP contribution in [0.25, 0.3) is 11.1 Å². The topological polar surface area (TPSA) is 0 Å². The molecular formula is C18H21Li. The van der Waals surface area contributed by atoms with Crippen LogP contribution in [0.3, 0.4) is 0 Å². The van der Waals surface area contributed by atoms with Crippen molar-refractivity contribution in [2.24, 2.45) is 11.8 Å². The molecule has 0 N–H and O–H groups in total. The number of rotatable bonds is 2. The minimum atomic E-state index is 0. The van der Waals surface area contributed by atoms with Gasteiger partial charge in [-0.15, -0.1) is 0 Å². The molecule has 3 rings (SSSR count). The minimum Gasteiger partial charge on any atom is -1.00 e. The average molecular weight is 244 g/mol. The van der Waals surface area contributed by atoms with Crippen LogP contribution in [0, 0.1) is 11.8 Å². The molecule has 0 bridgehead atoms. The van der Waals surface area contributed by atoms with Crippen molar-refractivity contribution in [1.29, 1.82) is 0 Å². The Bertz CT molecular complexity index is 549. The van der Waals surface area contributed by atoms with E-state index in [1.807, 2.05) is 0 Å². The van der Waals surface area contributed by atoms with Gasteiger partial charge in [-0.05, 0) is 46.9 Å². The fraction of sp³-hybridized carbons (Fsp3) is 0.333. The molecule has 1 heteroatoms. The van der Waals surface area contributed by atoms with Crippen molar-refractivity contribution in [3.8, 4) is 11.1 Å². The second-order valence-corrected chi connectivity index (χ2v) is 5.72. The molecule has 0 saturated heterocycles. The van der Waals surface area contributed by atoms with Gasteiger partial charge >= 0.3 is 18.9 Å². The maximum atomic E-state index is 2.35. The Morgan fingerprint density at radius 2 is 1.68 bits per heavy atom. The molecule has 0 aromatic heterocycles. The van der Waals surface area contributed by atoms with Gasteiger partial charge in [0.1, 0.15) is 0 Å². The summed E-state index contributed by atoms with van der Waals surface area (Å²) in [7, 11) is 0. The van der Waals surface area contributed by atoms with Crippen molar-refractivity contribution in [1.82, 2.24) is 0 Å². The molecule has 94 valence electrons. The molecule has 0 fully saturated rings. The molecule has 2 aromatic rings. The van der Waals surface area contributed by atoms with E-state index in [0.717, 1.165) is 11.8 Å². The first-order chi connectivity index (χ1) is 8.75. The van der Waals surface area contributed by atoms with Gasteiger partial charge in [0.2, 0.25) is 0 Å². The average Bonchev–Trinajstić information content (AvgIpc) is 2.83. The molecule has 0 aliphatic heterocycles. The Hall–Kier alpha value is -0.963. The van der Waals surface area contributed by atoms with Crippen molar-refractivity contribution in [3.63, 3.8) is 0 Å². The van der Waals surface area contributed by atoms with E-state index in [1.165, 1.54) is 24.0 Å². The molecule has 1 aliphatic rings. The first-order valence-electron chi connectivity index (χ1n) is 6.92. The zero-order chi connectivity index (χ0) is 12.5. The Balaban J connectivity index is 0.000001000. The maximum absolute atomic E-state index is 2.35. The van der Waals surface area contributed by atoms with Crippen LogP contribution >= 0.6 is 0 Å². The first kappa shape index (κ1) is 14.4. The van der Waals surface area contributed by atoms with Gasteiger partial charge in [0.05, 0.1) is 0 Å². The molecule has 0 nitrogen and oxygen atoms in total. The zero-order valence-electron chi connectivity index (χ0n) is 13.2. The summed E-state index contributed by atoms with van der Waals surface area (Å²) in [6, 6.07) is 17.6. The van der Waals surface area contributed by atoms with Gasteiger partial charge in [-0.25, -0.2) is 0 Å². The van der Waals surface area contributed by atoms with E-state index in [2.05, 4.69) is 62.4 Å². The predicted molar refractivity (Wildman–Crippen MR) is 78.7 cm³/mol. The largest absolute Gasteiger partial charge is 1.00 e. The number of hydrogen-bond donors (Lipinski definition) is 0. The van der Waals surface area contributed by atoms with Gasteiger partial charge in [-0.3, -0.25) is 0 Å². The van der Waals surface area contributed by atoms with E-state index in [4.69, 9.17) is 0 Å². The van der Waals surface area contributed by atoms with E-state index in [1.54, 1.807) is 11.1 Å². The van der Waals surface area contributed by atoms with Gasteiger partial charge in [0.25, 0.3) is 0 Å². The van der Waals surface area contributed by atoms with Crippen molar-refractivity contribution in [2.75, 3.05) is 0 Å². The van der Waals surface area contributed by atoms with Crippen molar-refractivity contribution >= 4 is 0 Å². The summed E-state index contributed by atoms with van der Waals surface area (Å²) in [6.45, 7) is 4.69. The van der Waals surface area contributed by atoms with Crippen LogP contribution < -0.4 is 18.9 Å². The van der Waals surface area contributed by atoms with Gasteiger partial charge in [0.15, 0.2) is 0 Å². The zero-order valence-corrected chi connectivity index (χ0v) is 12.2. The van der Waals surface area contributed by atoms with E-state index in [-0.39, 0.29) is 20.3 Å². The quantitative estimate of drug-likeness (QED) is 0.707. The van der Waals surface area contributed by atoms with Crippen LogP contribution in [0.4, 0.5) is 0 Å². The van der Waals surface area contributed by atoms with E-state index in [9.17, 15) is 0 Å². The fourth-order valence-electron chi connectivity index (χ4n) is 3.04. The van der Waals surface area contributed by atoms with Crippen LogP contribution in [-0.2, 0) is 12.8 Å². The van der Waals surface area contributed by atoms with Crippen LogP contribution in [-0.4, -0.2) is 0 Å². The standard InChI is InChI=1S/C18H20.Li.H/c1-13(2)16-11-15-9-6-10-17(18(15)12-16)14-7-4-3-5-8-14;;/h3-10,13,16H,11-12H2,1-2H3;;/q;+1;-1. The molecule has 0 saturated carbocycles. The summed E-state index contributed by atoms with van der Waals surface area (Å²) in [5.74, 6) is 1.60. The molecular weight excluding hydrogens is 223 g/mol.